The molecule has 0 amide bonds. The van der Waals surface area contributed by atoms with Gasteiger partial charge in [-0.25, -0.2) is 18.7 Å². The Labute approximate surface area is 151 Å². The summed E-state index contributed by atoms with van der Waals surface area (Å²) < 4.78 is 27.8. The molecule has 3 rings (SSSR count). The van der Waals surface area contributed by atoms with Gasteiger partial charge in [-0.05, 0) is 37.0 Å². The topological polar surface area (TPSA) is 69.5 Å². The van der Waals surface area contributed by atoms with E-state index in [2.05, 4.69) is 9.97 Å². The van der Waals surface area contributed by atoms with Crippen LogP contribution in [0.3, 0.4) is 0 Å². The predicted molar refractivity (Wildman–Crippen MR) is 93.8 cm³/mol. The van der Waals surface area contributed by atoms with Crippen LogP contribution < -0.4 is 4.90 Å². The van der Waals surface area contributed by atoms with Crippen LogP contribution in [0.25, 0.3) is 0 Å². The van der Waals surface area contributed by atoms with Crippen molar-refractivity contribution >= 4 is 5.82 Å². The highest BCUT2D eigenvalue weighted by Gasteiger charge is 2.43. The fourth-order valence-electron chi connectivity index (χ4n) is 3.59. The lowest BCUT2D eigenvalue weighted by molar-refractivity contribution is -0.0294. The van der Waals surface area contributed by atoms with Crippen molar-refractivity contribution in [2.75, 3.05) is 24.6 Å². The Hall–Kier alpha value is -2.12. The number of nitrogens with zero attached hydrogens (tertiary/aromatic N) is 3. The summed E-state index contributed by atoms with van der Waals surface area (Å²) in [5.74, 6) is -0.603. The number of halogens is 2. The Balaban J connectivity index is 1.89. The van der Waals surface area contributed by atoms with Gasteiger partial charge in [0.2, 0.25) is 0 Å². The van der Waals surface area contributed by atoms with E-state index in [9.17, 15) is 19.0 Å². The maximum Gasteiger partial charge on any atom is 0.187 e. The van der Waals surface area contributed by atoms with Crippen molar-refractivity contribution < 1.29 is 19.0 Å². The van der Waals surface area contributed by atoms with Gasteiger partial charge in [0.25, 0.3) is 0 Å². The second kappa shape index (κ2) is 7.63. The van der Waals surface area contributed by atoms with Gasteiger partial charge >= 0.3 is 0 Å². The number of aryl methyl sites for hydroxylation is 1. The second-order valence-corrected chi connectivity index (χ2v) is 6.86. The molecule has 2 N–H and O–H groups in total. The molecule has 1 fully saturated rings. The third-order valence-electron chi connectivity index (χ3n) is 5.15. The Morgan fingerprint density at radius 2 is 1.96 bits per heavy atom. The van der Waals surface area contributed by atoms with Gasteiger partial charge in [-0.1, -0.05) is 19.1 Å². The monoisotopic (exact) mass is 363 g/mol. The number of rotatable bonds is 5. The van der Waals surface area contributed by atoms with Gasteiger partial charge in [0, 0.05) is 18.5 Å². The average Bonchev–Trinajstić information content (AvgIpc) is 2.66. The van der Waals surface area contributed by atoms with E-state index in [1.54, 1.807) is 17.0 Å². The molecule has 140 valence electrons. The molecule has 0 aliphatic carbocycles. The highest BCUT2D eigenvalue weighted by Crippen LogP contribution is 2.36. The number of aromatic nitrogens is 2. The van der Waals surface area contributed by atoms with Crippen LogP contribution in [-0.4, -0.2) is 46.0 Å². The van der Waals surface area contributed by atoms with Crippen LogP contribution in [0, 0.1) is 17.0 Å². The summed E-state index contributed by atoms with van der Waals surface area (Å²) in [6.45, 7) is 2.24. The molecular formula is C19H23F2N3O2. The minimum atomic E-state index is -0.875. The molecule has 0 saturated carbocycles. The first-order valence-corrected chi connectivity index (χ1v) is 8.77. The molecule has 5 nitrogen and oxygen atoms in total. The summed E-state index contributed by atoms with van der Waals surface area (Å²) in [4.78, 5) is 9.79. The minimum Gasteiger partial charge on any atom is -0.396 e. The van der Waals surface area contributed by atoms with Crippen molar-refractivity contribution in [2.45, 2.75) is 32.3 Å². The average molecular weight is 363 g/mol. The lowest BCUT2D eigenvalue weighted by Crippen LogP contribution is -2.55. The van der Waals surface area contributed by atoms with E-state index < -0.39 is 17.3 Å². The van der Waals surface area contributed by atoms with Gasteiger partial charge in [-0.15, -0.1) is 0 Å². The molecule has 1 aliphatic heterocycles. The number of hydrogen-bond acceptors (Lipinski definition) is 5. The first-order valence-electron chi connectivity index (χ1n) is 8.77. The zero-order valence-corrected chi connectivity index (χ0v) is 14.7. The van der Waals surface area contributed by atoms with Gasteiger partial charge in [0.05, 0.1) is 18.4 Å². The lowest BCUT2D eigenvalue weighted by Gasteiger charge is -2.46. The largest absolute Gasteiger partial charge is 0.396 e. The van der Waals surface area contributed by atoms with Crippen molar-refractivity contribution in [1.29, 1.82) is 0 Å². The fraction of sp³-hybridized carbons (Fsp3) is 0.474. The second-order valence-electron chi connectivity index (χ2n) is 6.86. The van der Waals surface area contributed by atoms with E-state index in [1.807, 2.05) is 6.92 Å². The van der Waals surface area contributed by atoms with Crippen LogP contribution in [0.2, 0.25) is 0 Å². The summed E-state index contributed by atoms with van der Waals surface area (Å²) in [5.41, 5.74) is 0.271. The molecule has 0 unspecified atom stereocenters. The summed E-state index contributed by atoms with van der Waals surface area (Å²) in [6.07, 6.45) is 1.78. The van der Waals surface area contributed by atoms with Crippen molar-refractivity contribution in [2.24, 2.45) is 5.41 Å². The molecule has 1 aromatic heterocycles. The molecule has 2 heterocycles. The van der Waals surface area contributed by atoms with E-state index in [1.165, 1.54) is 18.5 Å². The Bertz CT molecular complexity index is 757. The number of anilines is 1. The fourth-order valence-corrected chi connectivity index (χ4v) is 3.59. The van der Waals surface area contributed by atoms with Crippen LogP contribution in [0.1, 0.15) is 24.6 Å². The van der Waals surface area contributed by atoms with Crippen LogP contribution in [0.5, 0.6) is 0 Å². The first kappa shape index (κ1) is 18.7. The maximum atomic E-state index is 14.6. The zero-order valence-electron chi connectivity index (χ0n) is 14.7. The Morgan fingerprint density at radius 1 is 1.23 bits per heavy atom. The van der Waals surface area contributed by atoms with Gasteiger partial charge < -0.3 is 15.1 Å². The summed E-state index contributed by atoms with van der Waals surface area (Å²) in [5, 5.41) is 20.7. The number of benzene rings is 1. The molecule has 26 heavy (non-hydrogen) atoms. The smallest absolute Gasteiger partial charge is 0.187 e. The van der Waals surface area contributed by atoms with E-state index in [4.69, 9.17) is 0 Å². The third-order valence-corrected chi connectivity index (χ3v) is 5.15. The molecule has 2 aromatic rings. The van der Waals surface area contributed by atoms with Crippen molar-refractivity contribution in [3.8, 4) is 0 Å². The van der Waals surface area contributed by atoms with Crippen LogP contribution >= 0.6 is 0 Å². The normalized spacial score (nSPS) is 23.3. The minimum absolute atomic E-state index is 0.195. The summed E-state index contributed by atoms with van der Waals surface area (Å²) in [7, 11) is 0. The third kappa shape index (κ3) is 3.54. The van der Waals surface area contributed by atoms with Crippen molar-refractivity contribution in [1.82, 2.24) is 9.97 Å². The van der Waals surface area contributed by atoms with Crippen LogP contribution in [0.4, 0.5) is 14.6 Å². The SMILES string of the molecule is CCc1ncnc(N2CC[C@H](O)[C@@](CO)(Cc3ccc(F)cc3)C2)c1F. The number of piperidine rings is 1. The first-order chi connectivity index (χ1) is 12.5. The molecule has 0 spiro atoms. The van der Waals surface area contributed by atoms with Gasteiger partial charge in [0.1, 0.15) is 12.1 Å². The number of aliphatic hydroxyl groups excluding tert-OH is 2. The van der Waals surface area contributed by atoms with E-state index >= 15 is 0 Å². The molecule has 7 heteroatoms. The Morgan fingerprint density at radius 3 is 2.62 bits per heavy atom. The highest BCUT2D eigenvalue weighted by molar-refractivity contribution is 5.42. The quantitative estimate of drug-likeness (QED) is 0.852. The summed E-state index contributed by atoms with van der Waals surface area (Å²) in [6, 6.07) is 5.98. The van der Waals surface area contributed by atoms with E-state index in [0.29, 0.717) is 31.5 Å². The molecule has 0 radical (unpaired) electrons. The predicted octanol–water partition coefficient (Wildman–Crippen LogP) is 2.11. The van der Waals surface area contributed by atoms with Crippen LogP contribution in [-0.2, 0) is 12.8 Å². The van der Waals surface area contributed by atoms with E-state index in [0.717, 1.165) is 5.56 Å². The van der Waals surface area contributed by atoms with Gasteiger partial charge in [-0.2, -0.15) is 0 Å². The molecule has 1 saturated heterocycles. The molecule has 1 aromatic carbocycles. The number of hydrogen-bond donors (Lipinski definition) is 2. The van der Waals surface area contributed by atoms with Gasteiger partial charge in [0.15, 0.2) is 11.6 Å². The molecule has 2 atom stereocenters. The van der Waals surface area contributed by atoms with Crippen molar-refractivity contribution in [3.05, 3.63) is 53.5 Å². The summed E-state index contributed by atoms with van der Waals surface area (Å²) >= 11 is 0. The maximum absolute atomic E-state index is 14.6. The van der Waals surface area contributed by atoms with E-state index in [-0.39, 0.29) is 24.8 Å². The van der Waals surface area contributed by atoms with Crippen LogP contribution in [0.15, 0.2) is 30.6 Å². The highest BCUT2D eigenvalue weighted by atomic mass is 19.1. The molecular weight excluding hydrogens is 340 g/mol. The molecule has 1 aliphatic rings. The molecule has 0 bridgehead atoms. The standard InChI is InChI=1S/C19H23F2N3O2/c1-2-15-17(21)18(23-12-22-15)24-8-7-16(26)19(10-24,11-25)9-13-3-5-14(20)6-4-13/h3-6,12,16,25-26H,2,7-11H2,1H3/t16-,19-/m0/s1. The Kier molecular flexibility index (Phi) is 5.48. The zero-order chi connectivity index (χ0) is 18.7. The van der Waals surface area contributed by atoms with Crippen molar-refractivity contribution in [3.63, 3.8) is 0 Å². The lowest BCUT2D eigenvalue weighted by atomic mass is 9.73. The number of aliphatic hydroxyl groups is 2. The van der Waals surface area contributed by atoms with Gasteiger partial charge in [-0.3, -0.25) is 0 Å².